The smallest absolute Gasteiger partial charge is 0.174 e. The number of nitrogens with one attached hydrogen (secondary N) is 2. The van der Waals surface area contributed by atoms with Crippen molar-refractivity contribution in [3.05, 3.63) is 53.7 Å². The number of aromatic nitrogens is 6. The maximum absolute atomic E-state index is 4.79. The van der Waals surface area contributed by atoms with E-state index in [0.717, 1.165) is 68.3 Å². The van der Waals surface area contributed by atoms with Crippen LogP contribution in [0, 0.1) is 0 Å². The molecule has 0 spiro atoms. The molecule has 0 unspecified atom stereocenters. The number of hydrogen-bond donors (Lipinski definition) is 2. The van der Waals surface area contributed by atoms with Crippen molar-refractivity contribution in [3.63, 3.8) is 0 Å². The molecule has 0 aliphatic carbocycles. The van der Waals surface area contributed by atoms with E-state index in [1.165, 1.54) is 18.4 Å². The lowest BCUT2D eigenvalue weighted by Gasteiger charge is -2.34. The minimum Gasteiger partial charge on any atom is -0.317 e. The van der Waals surface area contributed by atoms with Crippen LogP contribution in [0.5, 0.6) is 0 Å². The van der Waals surface area contributed by atoms with Crippen LogP contribution < -0.4 is 5.32 Å². The van der Waals surface area contributed by atoms with E-state index in [2.05, 4.69) is 67.0 Å². The maximum atomic E-state index is 4.79. The zero-order valence-corrected chi connectivity index (χ0v) is 17.6. The van der Waals surface area contributed by atoms with Gasteiger partial charge in [0.25, 0.3) is 0 Å². The Kier molecular flexibility index (Phi) is 7.10. The van der Waals surface area contributed by atoms with Gasteiger partial charge in [-0.15, -0.1) is 10.2 Å². The summed E-state index contributed by atoms with van der Waals surface area (Å²) in [5.74, 6) is 1.58. The molecule has 0 radical (unpaired) electrons. The Labute approximate surface area is 177 Å². The summed E-state index contributed by atoms with van der Waals surface area (Å²) in [4.78, 5) is 11.8. The summed E-state index contributed by atoms with van der Waals surface area (Å²) >= 11 is 0. The molecule has 0 bridgehead atoms. The molecule has 1 fully saturated rings. The lowest BCUT2D eigenvalue weighted by atomic mass is 10.0. The topological polar surface area (TPSA) is 95.5 Å². The summed E-state index contributed by atoms with van der Waals surface area (Å²) in [6, 6.07) is 11.4. The van der Waals surface area contributed by atoms with Gasteiger partial charge in [-0.05, 0) is 56.6 Å². The molecule has 1 aliphatic heterocycles. The third-order valence-corrected chi connectivity index (χ3v) is 5.74. The molecule has 1 aromatic carbocycles. The van der Waals surface area contributed by atoms with Crippen LogP contribution >= 0.6 is 0 Å². The van der Waals surface area contributed by atoms with Gasteiger partial charge in [0.05, 0.1) is 5.69 Å². The summed E-state index contributed by atoms with van der Waals surface area (Å²) in [7, 11) is 0. The fourth-order valence-corrected chi connectivity index (χ4v) is 4.11. The lowest BCUT2D eigenvalue weighted by Crippen LogP contribution is -2.42. The summed E-state index contributed by atoms with van der Waals surface area (Å²) < 4.78 is 0. The van der Waals surface area contributed by atoms with Gasteiger partial charge in [0.2, 0.25) is 0 Å². The van der Waals surface area contributed by atoms with E-state index >= 15 is 0 Å². The molecule has 2 N–H and O–H groups in total. The first-order valence-corrected chi connectivity index (χ1v) is 10.9. The Morgan fingerprint density at radius 1 is 1.10 bits per heavy atom. The third kappa shape index (κ3) is 5.46. The average Bonchev–Trinajstić information content (AvgIpc) is 3.32. The highest BCUT2D eigenvalue weighted by molar-refractivity contribution is 5.59. The third-order valence-electron chi connectivity index (χ3n) is 5.74. The van der Waals surface area contributed by atoms with Gasteiger partial charge in [0.15, 0.2) is 5.82 Å². The number of H-pyrrole nitrogens is 1. The highest BCUT2D eigenvalue weighted by Crippen LogP contribution is 2.21. The van der Waals surface area contributed by atoms with Gasteiger partial charge in [-0.3, -0.25) is 4.90 Å². The number of aryl methyl sites for hydroxylation is 2. The highest BCUT2D eigenvalue weighted by atomic mass is 15.5. The Balaban J connectivity index is 1.41. The van der Waals surface area contributed by atoms with Crippen molar-refractivity contribution in [2.75, 3.05) is 19.6 Å². The Bertz CT molecular complexity index is 905. The van der Waals surface area contributed by atoms with E-state index in [0.29, 0.717) is 6.04 Å². The van der Waals surface area contributed by atoms with Crippen molar-refractivity contribution >= 4 is 0 Å². The molecule has 4 rings (SSSR count). The summed E-state index contributed by atoms with van der Waals surface area (Å²) in [6.45, 7) is 6.57. The quantitative estimate of drug-likeness (QED) is 0.563. The Morgan fingerprint density at radius 2 is 1.97 bits per heavy atom. The van der Waals surface area contributed by atoms with E-state index in [1.54, 1.807) is 0 Å². The molecule has 1 aliphatic rings. The van der Waals surface area contributed by atoms with Gasteiger partial charge in [0, 0.05) is 37.2 Å². The fraction of sp³-hybridized carbons (Fsp3) is 0.500. The number of piperidine rings is 1. The average molecular weight is 407 g/mol. The fourth-order valence-electron chi connectivity index (χ4n) is 4.11. The van der Waals surface area contributed by atoms with Crippen LogP contribution in [0.1, 0.15) is 43.4 Å². The van der Waals surface area contributed by atoms with Gasteiger partial charge in [-0.25, -0.2) is 9.97 Å². The summed E-state index contributed by atoms with van der Waals surface area (Å²) in [5.41, 5.74) is 3.46. The van der Waals surface area contributed by atoms with Gasteiger partial charge >= 0.3 is 0 Å². The second kappa shape index (κ2) is 10.4. The van der Waals surface area contributed by atoms with Crippen molar-refractivity contribution in [1.82, 2.24) is 40.8 Å². The number of benzene rings is 1. The molecule has 0 amide bonds. The van der Waals surface area contributed by atoms with E-state index in [9.17, 15) is 0 Å². The molecule has 3 heterocycles. The number of rotatable bonds is 9. The predicted molar refractivity (Wildman–Crippen MR) is 116 cm³/mol. The molecule has 3 aromatic rings. The summed E-state index contributed by atoms with van der Waals surface area (Å²) in [6.07, 6.45) is 6.76. The highest BCUT2D eigenvalue weighted by Gasteiger charge is 2.19. The maximum Gasteiger partial charge on any atom is 0.174 e. The second-order valence-corrected chi connectivity index (χ2v) is 7.78. The standard InChI is InChI=1S/C22H30N8/c1-2-30(19-9-12-23-13-10-19)16-17-5-3-6-18(15-17)20-11-14-24-21(25-20)7-4-8-22-26-28-29-27-22/h3,5-6,11,14-15,19,23H,2,4,7-10,12-13,16H2,1H3,(H,26,27,28,29). The van der Waals surface area contributed by atoms with E-state index in [-0.39, 0.29) is 0 Å². The van der Waals surface area contributed by atoms with Crippen molar-refractivity contribution in [1.29, 1.82) is 0 Å². The normalized spacial score (nSPS) is 15.0. The molecule has 1 saturated heterocycles. The SMILES string of the molecule is CCN(Cc1cccc(-c2ccnc(CCCc3nn[nH]n3)n2)c1)C1CCNCC1. The Morgan fingerprint density at radius 3 is 2.77 bits per heavy atom. The summed E-state index contributed by atoms with van der Waals surface area (Å²) in [5, 5.41) is 17.5. The van der Waals surface area contributed by atoms with Gasteiger partial charge in [-0.1, -0.05) is 30.3 Å². The van der Waals surface area contributed by atoms with Crippen LogP contribution in [0.2, 0.25) is 0 Å². The van der Waals surface area contributed by atoms with Crippen LogP contribution in [0.4, 0.5) is 0 Å². The number of aromatic amines is 1. The van der Waals surface area contributed by atoms with Crippen LogP contribution in [-0.4, -0.2) is 61.2 Å². The van der Waals surface area contributed by atoms with Crippen LogP contribution in [-0.2, 0) is 19.4 Å². The molecule has 0 atom stereocenters. The van der Waals surface area contributed by atoms with Gasteiger partial charge in [0.1, 0.15) is 5.82 Å². The molecular formula is C22H30N8. The number of hydrogen-bond acceptors (Lipinski definition) is 7. The first-order chi connectivity index (χ1) is 14.8. The van der Waals surface area contributed by atoms with E-state index in [1.807, 2.05) is 12.3 Å². The van der Waals surface area contributed by atoms with E-state index < -0.39 is 0 Å². The molecule has 158 valence electrons. The van der Waals surface area contributed by atoms with Crippen molar-refractivity contribution < 1.29 is 0 Å². The molecule has 0 saturated carbocycles. The largest absolute Gasteiger partial charge is 0.317 e. The lowest BCUT2D eigenvalue weighted by molar-refractivity contribution is 0.162. The zero-order valence-electron chi connectivity index (χ0n) is 17.6. The monoisotopic (exact) mass is 406 g/mol. The zero-order chi connectivity index (χ0) is 20.6. The first kappa shape index (κ1) is 20.6. The van der Waals surface area contributed by atoms with Gasteiger partial charge < -0.3 is 5.32 Å². The predicted octanol–water partition coefficient (Wildman–Crippen LogP) is 2.41. The van der Waals surface area contributed by atoms with Gasteiger partial charge in [-0.2, -0.15) is 5.21 Å². The Hall–Kier alpha value is -2.71. The number of tetrazole rings is 1. The van der Waals surface area contributed by atoms with Crippen molar-refractivity contribution in [2.45, 2.75) is 51.6 Å². The minimum absolute atomic E-state index is 0.671. The van der Waals surface area contributed by atoms with Crippen LogP contribution in [0.15, 0.2) is 36.5 Å². The van der Waals surface area contributed by atoms with Crippen molar-refractivity contribution in [2.24, 2.45) is 0 Å². The first-order valence-electron chi connectivity index (χ1n) is 10.9. The van der Waals surface area contributed by atoms with Crippen LogP contribution in [0.3, 0.4) is 0 Å². The molecule has 2 aromatic heterocycles. The molecule has 8 nitrogen and oxygen atoms in total. The molecule has 30 heavy (non-hydrogen) atoms. The van der Waals surface area contributed by atoms with E-state index in [4.69, 9.17) is 4.98 Å². The number of nitrogens with zero attached hydrogens (tertiary/aromatic N) is 6. The minimum atomic E-state index is 0.671. The van der Waals surface area contributed by atoms with Crippen molar-refractivity contribution in [3.8, 4) is 11.3 Å². The molecular weight excluding hydrogens is 376 g/mol. The molecule has 8 heteroatoms. The van der Waals surface area contributed by atoms with Crippen LogP contribution in [0.25, 0.3) is 11.3 Å². The second-order valence-electron chi connectivity index (χ2n) is 7.78.